The lowest BCUT2D eigenvalue weighted by Crippen LogP contribution is -1.90. The van der Waals surface area contributed by atoms with E-state index >= 15 is 0 Å². The lowest BCUT2D eigenvalue weighted by atomic mass is 10.1. The first-order valence-corrected chi connectivity index (χ1v) is 4.72. The van der Waals surface area contributed by atoms with Gasteiger partial charge in [0.2, 0.25) is 0 Å². The highest BCUT2D eigenvalue weighted by atomic mass is 16.3. The Morgan fingerprint density at radius 1 is 0.714 bits per heavy atom. The van der Waals surface area contributed by atoms with Crippen LogP contribution in [0.3, 0.4) is 0 Å². The maximum absolute atomic E-state index is 12.0. The molecule has 0 atom stereocenters. The molecule has 0 saturated carbocycles. The molecule has 1 radical (unpaired) electrons. The van der Waals surface area contributed by atoms with Crippen LogP contribution in [0, 0.1) is 0 Å². The van der Waals surface area contributed by atoms with Crippen LogP contribution in [0.4, 0.5) is 0 Å². The monoisotopic (exact) mass is 181 g/mol. The molecule has 0 aromatic heterocycles. The Bertz CT molecular complexity index is 443. The van der Waals surface area contributed by atoms with Crippen LogP contribution in [0.25, 0.3) is 11.1 Å². The van der Waals surface area contributed by atoms with Crippen molar-refractivity contribution in [3.05, 3.63) is 59.7 Å². The molecule has 0 spiro atoms. The molecule has 0 N–H and O–H groups in total. The van der Waals surface area contributed by atoms with Gasteiger partial charge in [-0.3, -0.25) is 0 Å². The zero-order chi connectivity index (χ0) is 9.54. The van der Waals surface area contributed by atoms with Crippen molar-refractivity contribution in [3.63, 3.8) is 0 Å². The van der Waals surface area contributed by atoms with E-state index in [1.165, 1.54) is 0 Å². The topological polar surface area (TPSA) is 19.9 Å². The Morgan fingerprint density at radius 2 is 1.14 bits per heavy atom. The Labute approximate surface area is 82.6 Å². The van der Waals surface area contributed by atoms with Gasteiger partial charge in [-0.25, -0.2) is 5.11 Å². The number of fused-ring (bicyclic) bond motifs is 3. The summed E-state index contributed by atoms with van der Waals surface area (Å²) in [6, 6.07) is 15.7. The largest absolute Gasteiger partial charge is 0.223 e. The molecule has 0 fully saturated rings. The van der Waals surface area contributed by atoms with Gasteiger partial charge in [0.25, 0.3) is 0 Å². The molecule has 3 rings (SSSR count). The zero-order valence-electron chi connectivity index (χ0n) is 7.60. The molecule has 0 unspecified atom stereocenters. The maximum Gasteiger partial charge on any atom is 0.144 e. The van der Waals surface area contributed by atoms with E-state index in [9.17, 15) is 5.11 Å². The molecule has 0 amide bonds. The van der Waals surface area contributed by atoms with E-state index in [1.54, 1.807) is 0 Å². The Kier molecular flexibility index (Phi) is 1.49. The van der Waals surface area contributed by atoms with Gasteiger partial charge in [-0.2, -0.15) is 0 Å². The molecule has 67 valence electrons. The molecule has 14 heavy (non-hydrogen) atoms. The molecule has 0 saturated heterocycles. The average Bonchev–Trinajstić information content (AvgIpc) is 2.55. The summed E-state index contributed by atoms with van der Waals surface area (Å²) in [6.45, 7) is 0. The van der Waals surface area contributed by atoms with Gasteiger partial charge in [-0.15, -0.1) is 0 Å². The SMILES string of the molecule is [O]C1c2ccccc2-c2ccccc21. The predicted octanol–water partition coefficient (Wildman–Crippen LogP) is 3.19. The average molecular weight is 181 g/mol. The van der Waals surface area contributed by atoms with Crippen LogP contribution in [0.2, 0.25) is 0 Å². The standard InChI is InChI=1S/C13H9O/c14-13-11-7-3-1-5-9(11)10-6-2-4-8-12(10)13/h1-8,13H. The number of hydrogen-bond acceptors (Lipinski definition) is 0. The van der Waals surface area contributed by atoms with Crippen LogP contribution in [-0.4, -0.2) is 0 Å². The molecule has 2 aromatic rings. The molecule has 1 nitrogen and oxygen atoms in total. The van der Waals surface area contributed by atoms with E-state index in [0.717, 1.165) is 22.3 Å². The molecule has 2 aromatic carbocycles. The number of rotatable bonds is 0. The second kappa shape index (κ2) is 2.69. The highest BCUT2D eigenvalue weighted by molar-refractivity contribution is 5.77. The van der Waals surface area contributed by atoms with Crippen molar-refractivity contribution >= 4 is 0 Å². The zero-order valence-corrected chi connectivity index (χ0v) is 7.60. The first-order chi connectivity index (χ1) is 6.88. The van der Waals surface area contributed by atoms with Gasteiger partial charge in [0, 0.05) is 0 Å². The van der Waals surface area contributed by atoms with Crippen molar-refractivity contribution in [1.29, 1.82) is 0 Å². The van der Waals surface area contributed by atoms with Gasteiger partial charge in [0.1, 0.15) is 6.10 Å². The van der Waals surface area contributed by atoms with Gasteiger partial charge < -0.3 is 0 Å². The third-order valence-electron chi connectivity index (χ3n) is 2.78. The summed E-state index contributed by atoms with van der Waals surface area (Å²) in [5.41, 5.74) is 4.02. The molecule has 0 aliphatic heterocycles. The van der Waals surface area contributed by atoms with Crippen molar-refractivity contribution in [2.75, 3.05) is 0 Å². The van der Waals surface area contributed by atoms with E-state index in [4.69, 9.17) is 0 Å². The third-order valence-corrected chi connectivity index (χ3v) is 2.78. The van der Waals surface area contributed by atoms with E-state index < -0.39 is 6.10 Å². The van der Waals surface area contributed by atoms with Gasteiger partial charge >= 0.3 is 0 Å². The van der Waals surface area contributed by atoms with E-state index in [1.807, 2.05) is 48.5 Å². The minimum Gasteiger partial charge on any atom is -0.223 e. The lowest BCUT2D eigenvalue weighted by molar-refractivity contribution is 0.128. The molecular formula is C13H9O. The molecule has 1 heteroatoms. The van der Waals surface area contributed by atoms with Crippen LogP contribution >= 0.6 is 0 Å². The highest BCUT2D eigenvalue weighted by Gasteiger charge is 2.26. The van der Waals surface area contributed by atoms with Crippen molar-refractivity contribution < 1.29 is 5.11 Å². The smallest absolute Gasteiger partial charge is 0.144 e. The third kappa shape index (κ3) is 0.875. The van der Waals surface area contributed by atoms with E-state index in [2.05, 4.69) is 0 Å². The molecule has 0 bridgehead atoms. The normalized spacial score (nSPS) is 13.8. The van der Waals surface area contributed by atoms with E-state index in [0.29, 0.717) is 0 Å². The van der Waals surface area contributed by atoms with Crippen LogP contribution in [0.15, 0.2) is 48.5 Å². The van der Waals surface area contributed by atoms with E-state index in [-0.39, 0.29) is 0 Å². The van der Waals surface area contributed by atoms with Crippen molar-refractivity contribution in [3.8, 4) is 11.1 Å². The quantitative estimate of drug-likeness (QED) is 0.594. The Morgan fingerprint density at radius 3 is 1.64 bits per heavy atom. The minimum absolute atomic E-state index is 0.692. The lowest BCUT2D eigenvalue weighted by Gasteiger charge is -2.00. The molecular weight excluding hydrogens is 172 g/mol. The first-order valence-electron chi connectivity index (χ1n) is 4.72. The molecule has 1 aliphatic carbocycles. The Balaban J connectivity index is 2.36. The summed E-state index contributed by atoms with van der Waals surface area (Å²) < 4.78 is 0. The fraction of sp³-hybridized carbons (Fsp3) is 0.0769. The fourth-order valence-corrected chi connectivity index (χ4v) is 2.11. The first kappa shape index (κ1) is 7.77. The van der Waals surface area contributed by atoms with Gasteiger partial charge in [0.15, 0.2) is 0 Å². The van der Waals surface area contributed by atoms with Crippen molar-refractivity contribution in [2.45, 2.75) is 6.10 Å². The predicted molar refractivity (Wildman–Crippen MR) is 54.4 cm³/mol. The second-order valence-corrected chi connectivity index (χ2v) is 3.55. The highest BCUT2D eigenvalue weighted by Crippen LogP contribution is 2.42. The summed E-state index contributed by atoms with van der Waals surface area (Å²) >= 11 is 0. The van der Waals surface area contributed by atoms with Gasteiger partial charge in [-0.05, 0) is 22.3 Å². The van der Waals surface area contributed by atoms with Gasteiger partial charge in [0.05, 0.1) is 0 Å². The number of benzene rings is 2. The summed E-state index contributed by atoms with van der Waals surface area (Å²) in [4.78, 5) is 0. The molecule has 0 heterocycles. The van der Waals surface area contributed by atoms with Crippen LogP contribution in [-0.2, 0) is 5.11 Å². The molecule has 1 aliphatic rings. The second-order valence-electron chi connectivity index (χ2n) is 3.55. The van der Waals surface area contributed by atoms with Gasteiger partial charge in [-0.1, -0.05) is 48.5 Å². The summed E-state index contributed by atoms with van der Waals surface area (Å²) in [6.07, 6.45) is -0.692. The Hall–Kier alpha value is -1.60. The summed E-state index contributed by atoms with van der Waals surface area (Å²) in [7, 11) is 0. The van der Waals surface area contributed by atoms with Crippen LogP contribution < -0.4 is 0 Å². The minimum atomic E-state index is -0.692. The number of hydrogen-bond donors (Lipinski definition) is 0. The van der Waals surface area contributed by atoms with Crippen LogP contribution in [0.1, 0.15) is 17.2 Å². The summed E-state index contributed by atoms with van der Waals surface area (Å²) in [5, 5.41) is 12.0. The maximum atomic E-state index is 12.0. The van der Waals surface area contributed by atoms with Crippen LogP contribution in [0.5, 0.6) is 0 Å². The summed E-state index contributed by atoms with van der Waals surface area (Å²) in [5.74, 6) is 0. The fourth-order valence-electron chi connectivity index (χ4n) is 2.11. The van der Waals surface area contributed by atoms with Crippen molar-refractivity contribution in [2.24, 2.45) is 0 Å². The van der Waals surface area contributed by atoms with Crippen molar-refractivity contribution in [1.82, 2.24) is 0 Å².